The molecule has 38 heavy (non-hydrogen) atoms. The number of fused-ring (bicyclic) bond motifs is 3. The molecule has 10 heteroatoms. The quantitative estimate of drug-likeness (QED) is 0.357. The van der Waals surface area contributed by atoms with Crippen molar-refractivity contribution in [2.24, 2.45) is 0 Å². The number of hydrogen-bond donors (Lipinski definition) is 3. The number of nitrogens with one attached hydrogen (secondary N) is 3. The Labute approximate surface area is 223 Å². The lowest BCUT2D eigenvalue weighted by atomic mass is 9.90. The summed E-state index contributed by atoms with van der Waals surface area (Å²) in [6, 6.07) is 19.1. The van der Waals surface area contributed by atoms with Gasteiger partial charge in [0.1, 0.15) is 6.04 Å². The van der Waals surface area contributed by atoms with Crippen LogP contribution in [0.1, 0.15) is 27.9 Å². The van der Waals surface area contributed by atoms with Crippen molar-refractivity contribution < 1.29 is 19.1 Å². The predicted molar refractivity (Wildman–Crippen MR) is 142 cm³/mol. The van der Waals surface area contributed by atoms with Crippen molar-refractivity contribution in [1.82, 2.24) is 20.4 Å². The molecular weight excluding hydrogens is 506 g/mol. The summed E-state index contributed by atoms with van der Waals surface area (Å²) in [5, 5.41) is 13.9. The number of ether oxygens (including phenoxy) is 1. The molecule has 4 aromatic rings. The van der Waals surface area contributed by atoms with E-state index in [1.165, 1.54) is 0 Å². The van der Waals surface area contributed by atoms with Crippen molar-refractivity contribution in [2.75, 3.05) is 18.4 Å². The molecule has 2 aliphatic heterocycles. The predicted octanol–water partition coefficient (Wildman–Crippen LogP) is 4.25. The first kappa shape index (κ1) is 24.0. The fourth-order valence-electron chi connectivity index (χ4n) is 5.23. The Kier molecular flexibility index (Phi) is 6.00. The van der Waals surface area contributed by atoms with Crippen LogP contribution in [-0.4, -0.2) is 52.1 Å². The van der Waals surface area contributed by atoms with Crippen LogP contribution in [-0.2, 0) is 21.6 Å². The molecule has 3 aromatic carbocycles. The van der Waals surface area contributed by atoms with Crippen molar-refractivity contribution in [3.05, 3.63) is 94.6 Å². The molecule has 192 valence electrons. The molecule has 6 rings (SSSR count). The monoisotopic (exact) mass is 529 g/mol. The Morgan fingerprint density at radius 2 is 1.97 bits per heavy atom. The molecule has 3 amide bonds. The van der Waals surface area contributed by atoms with Gasteiger partial charge in [-0.15, -0.1) is 0 Å². The van der Waals surface area contributed by atoms with Crippen molar-refractivity contribution in [1.29, 1.82) is 0 Å². The van der Waals surface area contributed by atoms with Crippen LogP contribution < -0.4 is 10.6 Å². The Hall–Kier alpha value is -4.37. The fourth-order valence-corrected chi connectivity index (χ4v) is 5.41. The number of benzene rings is 3. The van der Waals surface area contributed by atoms with Gasteiger partial charge in [0.05, 0.1) is 23.9 Å². The highest BCUT2D eigenvalue weighted by Gasteiger charge is 2.49. The van der Waals surface area contributed by atoms with E-state index in [4.69, 9.17) is 16.3 Å². The third kappa shape index (κ3) is 4.45. The Morgan fingerprint density at radius 1 is 1.13 bits per heavy atom. The van der Waals surface area contributed by atoms with Crippen LogP contribution in [0.25, 0.3) is 10.9 Å². The third-order valence-electron chi connectivity index (χ3n) is 7.13. The summed E-state index contributed by atoms with van der Waals surface area (Å²) in [5.74, 6) is -0.616. The highest BCUT2D eigenvalue weighted by molar-refractivity contribution is 6.30. The standard InChI is InChI=1S/C28H24ClN5O4/c29-20-8-9-22-21(14-20)28(38-27(37)32-22)10-11-34(16-28)26(36)24(12-17-4-2-1-3-5-17)31-25(35)18-6-7-19-15-30-33-23(19)13-18/h1-9,13-15,24H,10-12,16H2,(H,30,33)(H,31,35)(H,32,37)/t24-,28-/m0/s1. The van der Waals surface area contributed by atoms with E-state index in [0.717, 1.165) is 22.0 Å². The minimum absolute atomic E-state index is 0.161. The number of halogens is 1. The second-order valence-electron chi connectivity index (χ2n) is 9.60. The molecular formula is C28H24ClN5O4. The lowest BCUT2D eigenvalue weighted by molar-refractivity contribution is -0.133. The summed E-state index contributed by atoms with van der Waals surface area (Å²) in [6.45, 7) is 0.521. The summed E-state index contributed by atoms with van der Waals surface area (Å²) in [6.07, 6.45) is 1.84. The summed E-state index contributed by atoms with van der Waals surface area (Å²) in [4.78, 5) is 41.2. The van der Waals surface area contributed by atoms with Crippen molar-refractivity contribution in [2.45, 2.75) is 24.5 Å². The molecule has 0 unspecified atom stereocenters. The van der Waals surface area contributed by atoms with Gasteiger partial charge < -0.3 is 15.0 Å². The van der Waals surface area contributed by atoms with E-state index >= 15 is 0 Å². The van der Waals surface area contributed by atoms with Gasteiger partial charge in [-0.1, -0.05) is 48.0 Å². The molecule has 1 spiro atoms. The molecule has 2 aliphatic rings. The molecule has 1 saturated heterocycles. The molecule has 0 aliphatic carbocycles. The van der Waals surface area contributed by atoms with E-state index in [0.29, 0.717) is 35.7 Å². The van der Waals surface area contributed by atoms with Gasteiger partial charge in [0.2, 0.25) is 5.91 Å². The first-order chi connectivity index (χ1) is 18.4. The summed E-state index contributed by atoms with van der Waals surface area (Å²) < 4.78 is 5.78. The Bertz CT molecular complexity index is 1560. The normalized spacial score (nSPS) is 19.1. The Balaban J connectivity index is 1.27. The largest absolute Gasteiger partial charge is 0.436 e. The minimum atomic E-state index is -1.01. The zero-order chi connectivity index (χ0) is 26.3. The number of aromatic nitrogens is 2. The van der Waals surface area contributed by atoms with E-state index in [1.54, 1.807) is 47.5 Å². The van der Waals surface area contributed by atoms with Gasteiger partial charge in [-0.25, -0.2) is 4.79 Å². The topological polar surface area (TPSA) is 116 Å². The molecule has 0 radical (unpaired) electrons. The molecule has 9 nitrogen and oxygen atoms in total. The second-order valence-corrected chi connectivity index (χ2v) is 10.0. The average molecular weight is 530 g/mol. The van der Waals surface area contributed by atoms with E-state index < -0.39 is 17.7 Å². The number of carbonyl (C=O) groups excluding carboxylic acids is 3. The van der Waals surface area contributed by atoms with Gasteiger partial charge in [0.25, 0.3) is 5.91 Å². The van der Waals surface area contributed by atoms with E-state index in [-0.39, 0.29) is 18.4 Å². The number of rotatable bonds is 5. The summed E-state index contributed by atoms with van der Waals surface area (Å²) in [7, 11) is 0. The number of hydrogen-bond acceptors (Lipinski definition) is 5. The van der Waals surface area contributed by atoms with E-state index in [2.05, 4.69) is 20.8 Å². The number of carbonyl (C=O) groups is 3. The highest BCUT2D eigenvalue weighted by Crippen LogP contribution is 2.43. The van der Waals surface area contributed by atoms with E-state index in [9.17, 15) is 14.4 Å². The zero-order valence-electron chi connectivity index (χ0n) is 20.2. The van der Waals surface area contributed by atoms with Crippen LogP contribution in [0.4, 0.5) is 10.5 Å². The summed E-state index contributed by atoms with van der Waals surface area (Å²) >= 11 is 6.26. The number of nitrogens with zero attached hydrogens (tertiary/aromatic N) is 2. The molecule has 0 bridgehead atoms. The molecule has 2 atom stereocenters. The van der Waals surface area contributed by atoms with Gasteiger partial charge in [-0.05, 0) is 35.9 Å². The van der Waals surface area contributed by atoms with Crippen molar-refractivity contribution in [3.63, 3.8) is 0 Å². The smallest absolute Gasteiger partial charge is 0.412 e. The molecule has 3 N–H and O–H groups in total. The van der Waals surface area contributed by atoms with Crippen LogP contribution >= 0.6 is 11.6 Å². The van der Waals surface area contributed by atoms with Crippen LogP contribution in [0.2, 0.25) is 5.02 Å². The average Bonchev–Trinajstić information content (AvgIpc) is 3.56. The lowest BCUT2D eigenvalue weighted by Gasteiger charge is -2.35. The van der Waals surface area contributed by atoms with E-state index in [1.807, 2.05) is 30.3 Å². The number of likely N-dealkylation sites (tertiary alicyclic amines) is 1. The number of anilines is 1. The fraction of sp³-hybridized carbons (Fsp3) is 0.214. The summed E-state index contributed by atoms with van der Waals surface area (Å²) in [5.41, 5.74) is 2.40. The minimum Gasteiger partial charge on any atom is -0.436 e. The maximum Gasteiger partial charge on any atom is 0.412 e. The van der Waals surface area contributed by atoms with Crippen LogP contribution in [0, 0.1) is 0 Å². The van der Waals surface area contributed by atoms with Crippen LogP contribution in [0.5, 0.6) is 0 Å². The maximum absolute atomic E-state index is 13.9. The SMILES string of the molecule is O=C1Nc2ccc(Cl)cc2[C@@]2(CCN(C(=O)[C@H](Cc3ccccc3)NC(=O)c3ccc4cn[nH]c4c3)C2)O1. The molecule has 0 saturated carbocycles. The van der Waals surface area contributed by atoms with Gasteiger partial charge in [-0.2, -0.15) is 5.10 Å². The van der Waals surface area contributed by atoms with Crippen LogP contribution in [0.15, 0.2) is 72.9 Å². The van der Waals surface area contributed by atoms with Gasteiger partial charge in [-0.3, -0.25) is 20.0 Å². The zero-order valence-corrected chi connectivity index (χ0v) is 21.0. The first-order valence-corrected chi connectivity index (χ1v) is 12.6. The lowest BCUT2D eigenvalue weighted by Crippen LogP contribution is -2.50. The van der Waals surface area contributed by atoms with Gasteiger partial charge in [0, 0.05) is 40.9 Å². The Morgan fingerprint density at radius 3 is 2.82 bits per heavy atom. The maximum atomic E-state index is 13.9. The second kappa shape index (κ2) is 9.50. The first-order valence-electron chi connectivity index (χ1n) is 12.3. The van der Waals surface area contributed by atoms with Crippen molar-refractivity contribution >= 4 is 46.1 Å². The van der Waals surface area contributed by atoms with Crippen LogP contribution in [0.3, 0.4) is 0 Å². The number of amides is 3. The number of H-pyrrole nitrogens is 1. The van der Waals surface area contributed by atoms with Gasteiger partial charge in [0.15, 0.2) is 5.60 Å². The van der Waals surface area contributed by atoms with Crippen molar-refractivity contribution in [3.8, 4) is 0 Å². The molecule has 3 heterocycles. The third-order valence-corrected chi connectivity index (χ3v) is 7.37. The molecule has 1 fully saturated rings. The number of aromatic amines is 1. The van der Waals surface area contributed by atoms with Gasteiger partial charge >= 0.3 is 6.09 Å². The highest BCUT2D eigenvalue weighted by atomic mass is 35.5. The molecule has 1 aromatic heterocycles.